The predicted octanol–water partition coefficient (Wildman–Crippen LogP) is 2.64. The molecule has 1 aromatic carbocycles. The minimum absolute atomic E-state index is 0.0561. The van der Waals surface area contributed by atoms with Crippen LogP contribution >= 0.6 is 0 Å². The molecule has 0 bridgehead atoms. The highest BCUT2D eigenvalue weighted by Gasteiger charge is 2.41. The molecule has 1 aliphatic carbocycles. The van der Waals surface area contributed by atoms with Gasteiger partial charge in [0.15, 0.2) is 0 Å². The van der Waals surface area contributed by atoms with Crippen LogP contribution in [0.2, 0.25) is 0 Å². The van der Waals surface area contributed by atoms with Crippen molar-refractivity contribution in [3.63, 3.8) is 0 Å². The SMILES string of the molecule is CCN(CC)C(=O)N[C@@H]1CN[C@@H]2CC3=c4c(cc(C(C)C)cc4=NC3(C)C)C2C1. The number of fused-ring (bicyclic) bond motifs is 2. The van der Waals surface area contributed by atoms with E-state index in [-0.39, 0.29) is 17.6 Å². The standard InChI is InChI=1S/C24H36N4O/c1-7-28(8-2)23(29)26-16-11-17-18-9-15(14(3)4)10-21-22(18)19(24(5,6)27-21)12-20(17)25-13-16/h9-10,14,16-17,20,25H,7-8,11-13H2,1-6H3,(H,26,29)/t16-,17?,20+/m0/s1. The molecule has 158 valence electrons. The van der Waals surface area contributed by atoms with Gasteiger partial charge in [-0.15, -0.1) is 0 Å². The normalized spacial score (nSPS) is 26.6. The molecule has 1 unspecified atom stereocenters. The molecule has 2 amide bonds. The quantitative estimate of drug-likeness (QED) is 0.822. The summed E-state index contributed by atoms with van der Waals surface area (Å²) in [6, 6.07) is 5.38. The van der Waals surface area contributed by atoms with Crippen LogP contribution in [-0.2, 0) is 0 Å². The molecule has 1 fully saturated rings. The lowest BCUT2D eigenvalue weighted by Gasteiger charge is -2.42. The highest BCUT2D eigenvalue weighted by atomic mass is 16.2. The van der Waals surface area contributed by atoms with Crippen LogP contribution in [0.4, 0.5) is 4.79 Å². The molecule has 2 aliphatic heterocycles. The van der Waals surface area contributed by atoms with Crippen LogP contribution in [0.1, 0.15) is 77.3 Å². The molecular formula is C24H36N4O. The first kappa shape index (κ1) is 20.4. The summed E-state index contributed by atoms with van der Waals surface area (Å²) in [6.45, 7) is 15.4. The van der Waals surface area contributed by atoms with Crippen molar-refractivity contribution in [2.45, 2.75) is 83.8 Å². The maximum atomic E-state index is 12.6. The van der Waals surface area contributed by atoms with E-state index in [1.165, 1.54) is 27.3 Å². The summed E-state index contributed by atoms with van der Waals surface area (Å²) in [7, 11) is 0. The summed E-state index contributed by atoms with van der Waals surface area (Å²) in [5.41, 5.74) is 4.18. The fraction of sp³-hybridized carbons (Fsp3) is 0.667. The van der Waals surface area contributed by atoms with Crippen LogP contribution in [0.3, 0.4) is 0 Å². The number of piperidine rings is 1. The third kappa shape index (κ3) is 3.48. The molecule has 1 aromatic rings. The van der Waals surface area contributed by atoms with Gasteiger partial charge in [0.25, 0.3) is 0 Å². The number of rotatable bonds is 4. The van der Waals surface area contributed by atoms with Gasteiger partial charge in [-0.25, -0.2) is 4.79 Å². The lowest BCUT2D eigenvalue weighted by atomic mass is 9.72. The van der Waals surface area contributed by atoms with E-state index in [4.69, 9.17) is 4.99 Å². The number of nitrogens with zero attached hydrogens (tertiary/aromatic N) is 2. The first-order valence-electron chi connectivity index (χ1n) is 11.3. The van der Waals surface area contributed by atoms with Crippen LogP contribution in [0.5, 0.6) is 0 Å². The van der Waals surface area contributed by atoms with Gasteiger partial charge < -0.3 is 15.5 Å². The van der Waals surface area contributed by atoms with Crippen LogP contribution in [0.25, 0.3) is 5.57 Å². The molecule has 0 aromatic heterocycles. The average Bonchev–Trinajstić information content (AvgIpc) is 2.93. The molecular weight excluding hydrogens is 360 g/mol. The Balaban J connectivity index is 1.69. The first-order chi connectivity index (χ1) is 13.7. The van der Waals surface area contributed by atoms with E-state index < -0.39 is 0 Å². The van der Waals surface area contributed by atoms with Crippen molar-refractivity contribution in [1.29, 1.82) is 0 Å². The fourth-order valence-electron chi connectivity index (χ4n) is 5.40. The highest BCUT2D eigenvalue weighted by Crippen LogP contribution is 2.39. The molecule has 0 spiro atoms. The van der Waals surface area contributed by atoms with Crippen molar-refractivity contribution in [1.82, 2.24) is 15.5 Å². The van der Waals surface area contributed by atoms with Gasteiger partial charge in [0.2, 0.25) is 0 Å². The lowest BCUT2D eigenvalue weighted by Crippen LogP contribution is -2.57. The van der Waals surface area contributed by atoms with Gasteiger partial charge in [-0.05, 0) is 69.2 Å². The zero-order valence-corrected chi connectivity index (χ0v) is 18.8. The van der Waals surface area contributed by atoms with Gasteiger partial charge >= 0.3 is 6.03 Å². The van der Waals surface area contributed by atoms with Crippen molar-refractivity contribution >= 4 is 11.6 Å². The van der Waals surface area contributed by atoms with E-state index in [1.54, 1.807) is 0 Å². The van der Waals surface area contributed by atoms with Gasteiger partial charge in [-0.2, -0.15) is 0 Å². The molecule has 1 saturated heterocycles. The van der Waals surface area contributed by atoms with Crippen molar-refractivity contribution in [3.05, 3.63) is 33.8 Å². The summed E-state index contributed by atoms with van der Waals surface area (Å²) < 4.78 is 0. The summed E-state index contributed by atoms with van der Waals surface area (Å²) in [5.74, 6) is 0.903. The second-order valence-electron chi connectivity index (χ2n) is 9.69. The van der Waals surface area contributed by atoms with E-state index in [1.807, 2.05) is 18.7 Å². The van der Waals surface area contributed by atoms with E-state index in [2.05, 4.69) is 50.5 Å². The summed E-state index contributed by atoms with van der Waals surface area (Å²) >= 11 is 0. The van der Waals surface area contributed by atoms with Crippen molar-refractivity contribution < 1.29 is 4.79 Å². The van der Waals surface area contributed by atoms with E-state index in [0.717, 1.165) is 32.5 Å². The zero-order valence-electron chi connectivity index (χ0n) is 18.8. The maximum absolute atomic E-state index is 12.6. The number of urea groups is 1. The van der Waals surface area contributed by atoms with Gasteiger partial charge in [0.05, 0.1) is 10.9 Å². The summed E-state index contributed by atoms with van der Waals surface area (Å²) in [6.07, 6.45) is 2.05. The number of carbonyl (C=O) groups excluding carboxylic acids is 1. The van der Waals surface area contributed by atoms with Crippen LogP contribution in [0, 0.1) is 0 Å². The highest BCUT2D eigenvalue weighted by molar-refractivity contribution is 5.74. The molecule has 2 heterocycles. The molecule has 4 rings (SSSR count). The van der Waals surface area contributed by atoms with Gasteiger partial charge in [-0.1, -0.05) is 19.9 Å². The first-order valence-corrected chi connectivity index (χ1v) is 11.3. The predicted molar refractivity (Wildman–Crippen MR) is 118 cm³/mol. The Hall–Kier alpha value is -1.88. The second-order valence-corrected chi connectivity index (χ2v) is 9.69. The molecule has 0 saturated carbocycles. The average molecular weight is 397 g/mol. The second kappa shape index (κ2) is 7.42. The Labute approximate surface area is 174 Å². The smallest absolute Gasteiger partial charge is 0.317 e. The van der Waals surface area contributed by atoms with Crippen LogP contribution in [-0.4, -0.2) is 48.2 Å². The Morgan fingerprint density at radius 3 is 2.69 bits per heavy atom. The number of nitrogens with one attached hydrogen (secondary N) is 2. The van der Waals surface area contributed by atoms with E-state index in [9.17, 15) is 4.79 Å². The van der Waals surface area contributed by atoms with Crippen LogP contribution in [0.15, 0.2) is 17.1 Å². The molecule has 29 heavy (non-hydrogen) atoms. The maximum Gasteiger partial charge on any atom is 0.317 e. The topological polar surface area (TPSA) is 56.7 Å². The monoisotopic (exact) mass is 396 g/mol. The third-order valence-corrected chi connectivity index (χ3v) is 7.13. The Morgan fingerprint density at radius 1 is 1.31 bits per heavy atom. The summed E-state index contributed by atoms with van der Waals surface area (Å²) in [4.78, 5) is 19.6. The minimum atomic E-state index is -0.118. The Bertz CT molecular complexity index is 929. The lowest BCUT2D eigenvalue weighted by molar-refractivity contribution is 0.191. The number of amides is 2. The Kier molecular flexibility index (Phi) is 5.22. The molecule has 5 nitrogen and oxygen atoms in total. The van der Waals surface area contributed by atoms with Gasteiger partial charge in [0, 0.05) is 42.9 Å². The third-order valence-electron chi connectivity index (χ3n) is 7.13. The number of hydrogen-bond donors (Lipinski definition) is 2. The molecule has 2 N–H and O–H groups in total. The van der Waals surface area contributed by atoms with Gasteiger partial charge in [0.1, 0.15) is 0 Å². The van der Waals surface area contributed by atoms with E-state index >= 15 is 0 Å². The fourth-order valence-corrected chi connectivity index (χ4v) is 5.40. The number of carbonyl (C=O) groups is 1. The van der Waals surface area contributed by atoms with Crippen molar-refractivity contribution in [3.8, 4) is 0 Å². The largest absolute Gasteiger partial charge is 0.334 e. The number of hydrogen-bond acceptors (Lipinski definition) is 3. The van der Waals surface area contributed by atoms with Crippen molar-refractivity contribution in [2.24, 2.45) is 4.99 Å². The van der Waals surface area contributed by atoms with Crippen LogP contribution < -0.4 is 21.2 Å². The molecule has 0 radical (unpaired) electrons. The molecule has 3 atom stereocenters. The molecule has 5 heteroatoms. The Morgan fingerprint density at radius 2 is 2.03 bits per heavy atom. The number of benzene rings is 1. The molecule has 3 aliphatic rings. The van der Waals surface area contributed by atoms with E-state index in [0.29, 0.717) is 17.9 Å². The van der Waals surface area contributed by atoms with Gasteiger partial charge in [-0.3, -0.25) is 4.99 Å². The zero-order chi connectivity index (χ0) is 20.9. The van der Waals surface area contributed by atoms with Crippen molar-refractivity contribution in [2.75, 3.05) is 19.6 Å². The summed E-state index contributed by atoms with van der Waals surface area (Å²) in [5, 5.41) is 9.63. The minimum Gasteiger partial charge on any atom is -0.334 e.